The summed E-state index contributed by atoms with van der Waals surface area (Å²) in [4.78, 5) is 0. The van der Waals surface area contributed by atoms with E-state index in [4.69, 9.17) is 16.3 Å². The molecule has 1 aromatic heterocycles. The Bertz CT molecular complexity index is 2580. The number of fused-ring (bicyclic) bond motifs is 3. The maximum Gasteiger partial charge on any atom is 0.179 e. The number of phenolic OH excluding ortho intramolecular Hbond substituents is 1. The van der Waals surface area contributed by atoms with Crippen LogP contribution >= 0.6 is 11.6 Å². The fourth-order valence-electron chi connectivity index (χ4n) is 7.87. The minimum absolute atomic E-state index is 0.145. The van der Waals surface area contributed by atoms with E-state index in [9.17, 15) is 5.11 Å². The molecule has 0 fully saturated rings. The number of benzene rings is 8. The lowest BCUT2D eigenvalue weighted by Crippen LogP contribution is -2.74. The van der Waals surface area contributed by atoms with Gasteiger partial charge in [0, 0.05) is 28.0 Å². The molecule has 0 radical (unpaired) electrons. The summed E-state index contributed by atoms with van der Waals surface area (Å²) in [7, 11) is -2.80. The van der Waals surface area contributed by atoms with Gasteiger partial charge >= 0.3 is 0 Å². The summed E-state index contributed by atoms with van der Waals surface area (Å²) in [5, 5.41) is 18.8. The lowest BCUT2D eigenvalue weighted by molar-refractivity contribution is 0.476. The molecule has 1 N–H and O–H groups in total. The number of phenols is 1. The van der Waals surface area contributed by atoms with Gasteiger partial charge in [0.2, 0.25) is 0 Å². The van der Waals surface area contributed by atoms with Gasteiger partial charge in [-0.15, -0.1) is 0 Å². The first-order chi connectivity index (χ1) is 26.1. The predicted molar refractivity (Wildman–Crippen MR) is 223 cm³/mol. The second-order valence-electron chi connectivity index (χ2n) is 13.2. The zero-order valence-electron chi connectivity index (χ0n) is 28.7. The number of hydrogen-bond acceptors (Lipinski definition) is 2. The molecule has 5 heteroatoms. The number of halogens is 1. The molecule has 0 aliphatic rings. The Labute approximate surface area is 314 Å². The van der Waals surface area contributed by atoms with E-state index in [2.05, 4.69) is 162 Å². The van der Waals surface area contributed by atoms with Gasteiger partial charge in [0.25, 0.3) is 0 Å². The van der Waals surface area contributed by atoms with Crippen LogP contribution in [0.3, 0.4) is 0 Å². The van der Waals surface area contributed by atoms with Gasteiger partial charge in [-0.2, -0.15) is 0 Å². The minimum Gasteiger partial charge on any atom is -0.507 e. The third-order valence-electron chi connectivity index (χ3n) is 10.2. The summed E-state index contributed by atoms with van der Waals surface area (Å²) in [5.41, 5.74) is 4.31. The van der Waals surface area contributed by atoms with Gasteiger partial charge in [-0.1, -0.05) is 169 Å². The highest BCUT2D eigenvalue weighted by Crippen LogP contribution is 2.44. The maximum absolute atomic E-state index is 11.1. The Hall–Kier alpha value is -6.33. The molecular weight excluding hydrogens is 686 g/mol. The zero-order valence-corrected chi connectivity index (χ0v) is 30.5. The topological polar surface area (TPSA) is 34.4 Å². The molecule has 53 heavy (non-hydrogen) atoms. The Morgan fingerprint density at radius 3 is 1.51 bits per heavy atom. The fraction of sp³-hybridized carbons (Fsp3) is 0. The Morgan fingerprint density at radius 2 is 0.943 bits per heavy atom. The van der Waals surface area contributed by atoms with Crippen LogP contribution in [0.15, 0.2) is 200 Å². The van der Waals surface area contributed by atoms with E-state index in [0.717, 1.165) is 27.5 Å². The number of para-hydroxylation sites is 3. The van der Waals surface area contributed by atoms with Crippen LogP contribution in [0, 0.1) is 0 Å². The third-order valence-corrected chi connectivity index (χ3v) is 15.3. The number of aromatic hydroxyl groups is 1. The molecular formula is C48H34ClNO2Si. The molecule has 0 spiro atoms. The zero-order chi connectivity index (χ0) is 35.8. The van der Waals surface area contributed by atoms with Crippen molar-refractivity contribution in [2.45, 2.75) is 0 Å². The highest BCUT2D eigenvalue weighted by atomic mass is 35.5. The van der Waals surface area contributed by atoms with Crippen molar-refractivity contribution < 1.29 is 9.84 Å². The molecule has 3 nitrogen and oxygen atoms in total. The highest BCUT2D eigenvalue weighted by Gasteiger charge is 2.41. The number of nitrogens with zero attached hydrogens (tertiary/aromatic N) is 1. The second-order valence-corrected chi connectivity index (χ2v) is 17.4. The number of ether oxygens (including phenoxy) is 1. The van der Waals surface area contributed by atoms with Gasteiger partial charge in [0.05, 0.1) is 21.7 Å². The van der Waals surface area contributed by atoms with Crippen molar-refractivity contribution in [2.24, 2.45) is 0 Å². The van der Waals surface area contributed by atoms with Crippen LogP contribution in [0.5, 0.6) is 17.2 Å². The molecule has 9 rings (SSSR count). The molecule has 0 aliphatic heterocycles. The molecule has 8 aromatic carbocycles. The van der Waals surface area contributed by atoms with E-state index in [1.165, 1.54) is 20.7 Å². The first-order valence-corrected chi connectivity index (χ1v) is 20.1. The van der Waals surface area contributed by atoms with E-state index in [1.54, 1.807) is 6.07 Å². The smallest absolute Gasteiger partial charge is 0.179 e. The summed E-state index contributed by atoms with van der Waals surface area (Å²) in [5.74, 6) is 1.31. The summed E-state index contributed by atoms with van der Waals surface area (Å²) in [6, 6.07) is 69.2. The molecule has 0 saturated carbocycles. The first kappa shape index (κ1) is 32.6. The third kappa shape index (κ3) is 5.60. The molecule has 254 valence electrons. The van der Waals surface area contributed by atoms with Crippen molar-refractivity contribution in [3.8, 4) is 34.1 Å². The van der Waals surface area contributed by atoms with Crippen molar-refractivity contribution in [2.75, 3.05) is 0 Å². The minimum atomic E-state index is -2.80. The Kier molecular flexibility index (Phi) is 8.39. The van der Waals surface area contributed by atoms with Gasteiger partial charge in [-0.25, -0.2) is 0 Å². The van der Waals surface area contributed by atoms with Crippen LogP contribution in [0.4, 0.5) is 0 Å². The van der Waals surface area contributed by atoms with E-state index >= 15 is 0 Å². The highest BCUT2D eigenvalue weighted by molar-refractivity contribution is 7.19. The van der Waals surface area contributed by atoms with E-state index in [0.29, 0.717) is 27.6 Å². The Morgan fingerprint density at radius 1 is 0.453 bits per heavy atom. The van der Waals surface area contributed by atoms with Crippen LogP contribution < -0.4 is 25.5 Å². The molecule has 0 bridgehead atoms. The second kappa shape index (κ2) is 13.7. The van der Waals surface area contributed by atoms with Gasteiger partial charge in [0.15, 0.2) is 8.07 Å². The average Bonchev–Trinajstić information content (AvgIpc) is 3.55. The van der Waals surface area contributed by atoms with Crippen LogP contribution in [-0.2, 0) is 0 Å². The number of rotatable bonds is 8. The van der Waals surface area contributed by atoms with Crippen molar-refractivity contribution in [1.29, 1.82) is 0 Å². The lowest BCUT2D eigenvalue weighted by atomic mass is 10.0. The first-order valence-electron chi connectivity index (χ1n) is 17.7. The number of aromatic nitrogens is 1. The molecule has 0 unspecified atom stereocenters. The van der Waals surface area contributed by atoms with Crippen LogP contribution in [0.1, 0.15) is 0 Å². The quantitative estimate of drug-likeness (QED) is 0.125. The molecule has 9 aromatic rings. The van der Waals surface area contributed by atoms with Gasteiger partial charge in [-0.3, -0.25) is 0 Å². The molecule has 0 amide bonds. The van der Waals surface area contributed by atoms with Crippen molar-refractivity contribution in [3.05, 3.63) is 205 Å². The van der Waals surface area contributed by atoms with Crippen molar-refractivity contribution >= 4 is 62.2 Å². The maximum atomic E-state index is 11.1. The van der Waals surface area contributed by atoms with Gasteiger partial charge in [-0.05, 0) is 57.1 Å². The lowest BCUT2D eigenvalue weighted by Gasteiger charge is -2.34. The van der Waals surface area contributed by atoms with E-state index in [-0.39, 0.29) is 5.75 Å². The average molecular weight is 720 g/mol. The molecule has 0 aliphatic carbocycles. The van der Waals surface area contributed by atoms with Crippen LogP contribution in [0.2, 0.25) is 5.02 Å². The summed E-state index contributed by atoms with van der Waals surface area (Å²) in [6.45, 7) is 0. The van der Waals surface area contributed by atoms with Gasteiger partial charge in [0.1, 0.15) is 17.2 Å². The van der Waals surface area contributed by atoms with Crippen LogP contribution in [-0.4, -0.2) is 17.7 Å². The standard InChI is InChI=1S/C48H34ClNO2Si/c49-48-43(42-27-12-15-30-46(42)51)31-34(50-44-28-13-10-25-40(44)41-26-11-14-29-45(41)50)32-47(48)52-35-17-16-24-39(33-35)53(36-18-4-1-5-19-36,37-20-6-2-7-21-37)38-22-8-3-9-23-38/h1-33,51H. The molecule has 0 atom stereocenters. The summed E-state index contributed by atoms with van der Waals surface area (Å²) < 4.78 is 9.15. The van der Waals surface area contributed by atoms with E-state index in [1.807, 2.05) is 36.4 Å². The monoisotopic (exact) mass is 719 g/mol. The largest absolute Gasteiger partial charge is 0.507 e. The summed E-state index contributed by atoms with van der Waals surface area (Å²) in [6.07, 6.45) is 0. The van der Waals surface area contributed by atoms with Crippen molar-refractivity contribution in [3.63, 3.8) is 0 Å². The molecule has 1 heterocycles. The molecule has 0 saturated heterocycles. The SMILES string of the molecule is Oc1ccccc1-c1cc(-n2c3ccccc3c3ccccc32)cc(Oc2cccc([Si](c3ccccc3)(c3ccccc3)c3ccccc3)c2)c1Cl. The summed E-state index contributed by atoms with van der Waals surface area (Å²) >= 11 is 7.32. The Balaban J connectivity index is 1.26. The van der Waals surface area contributed by atoms with Crippen LogP contribution in [0.25, 0.3) is 38.6 Å². The fourth-order valence-corrected chi connectivity index (χ4v) is 12.9. The van der Waals surface area contributed by atoms with Crippen molar-refractivity contribution in [1.82, 2.24) is 4.57 Å². The normalized spacial score (nSPS) is 11.6. The predicted octanol–water partition coefficient (Wildman–Crippen LogP) is 9.98. The number of hydrogen-bond donors (Lipinski definition) is 1. The van der Waals surface area contributed by atoms with E-state index < -0.39 is 8.07 Å². The van der Waals surface area contributed by atoms with Gasteiger partial charge < -0.3 is 14.4 Å².